The minimum absolute atomic E-state index is 0.0291. The number of nitrogens with zero attached hydrogens (tertiary/aromatic N) is 3. The van der Waals surface area contributed by atoms with Crippen LogP contribution in [0.1, 0.15) is 25.3 Å². The van der Waals surface area contributed by atoms with Gasteiger partial charge in [0.25, 0.3) is 0 Å². The third kappa shape index (κ3) is 5.65. The van der Waals surface area contributed by atoms with E-state index < -0.39 is 17.7 Å². The molecule has 3 N–H and O–H groups in total. The monoisotopic (exact) mass is 422 g/mol. The zero-order chi connectivity index (χ0) is 21.5. The van der Waals surface area contributed by atoms with Gasteiger partial charge in [-0.05, 0) is 38.4 Å². The molecule has 2 fully saturated rings. The van der Waals surface area contributed by atoms with Gasteiger partial charge >= 0.3 is 6.03 Å². The molecule has 2 aliphatic heterocycles. The van der Waals surface area contributed by atoms with Crippen LogP contribution in [0, 0.1) is 11.6 Å². The molecular formula is C20H28F2N6O2. The van der Waals surface area contributed by atoms with Crippen molar-refractivity contribution in [2.45, 2.75) is 32.4 Å². The molecule has 2 aliphatic rings. The maximum absolute atomic E-state index is 14.0. The number of likely N-dealkylation sites (tertiary alicyclic amines) is 1. The Hall–Kier alpha value is -2.75. The topological polar surface area (TPSA) is 89.1 Å². The van der Waals surface area contributed by atoms with Gasteiger partial charge < -0.3 is 16.0 Å². The number of benzene rings is 1. The van der Waals surface area contributed by atoms with Crippen LogP contribution in [0.2, 0.25) is 0 Å². The molecule has 0 bridgehead atoms. The largest absolute Gasteiger partial charge is 0.357 e. The second-order valence-electron chi connectivity index (χ2n) is 7.38. The number of urea groups is 1. The van der Waals surface area contributed by atoms with E-state index in [1.54, 1.807) is 0 Å². The lowest BCUT2D eigenvalue weighted by atomic mass is 10.0. The van der Waals surface area contributed by atoms with Gasteiger partial charge in [0.1, 0.15) is 11.6 Å². The summed E-state index contributed by atoms with van der Waals surface area (Å²) in [5.41, 5.74) is 0.0901. The number of amides is 3. The number of imide groups is 1. The van der Waals surface area contributed by atoms with Crippen LogP contribution in [0.25, 0.3) is 0 Å². The van der Waals surface area contributed by atoms with Crippen LogP contribution in [0.4, 0.5) is 13.6 Å². The molecule has 0 saturated carbocycles. The van der Waals surface area contributed by atoms with Crippen molar-refractivity contribution in [2.24, 2.45) is 4.99 Å². The third-order valence-electron chi connectivity index (χ3n) is 5.16. The molecule has 3 amide bonds. The van der Waals surface area contributed by atoms with E-state index in [-0.39, 0.29) is 43.7 Å². The molecule has 2 saturated heterocycles. The van der Waals surface area contributed by atoms with E-state index in [1.165, 1.54) is 18.2 Å². The van der Waals surface area contributed by atoms with Crippen molar-refractivity contribution < 1.29 is 18.4 Å². The third-order valence-corrected chi connectivity index (χ3v) is 5.16. The first-order valence-corrected chi connectivity index (χ1v) is 10.3. The zero-order valence-electron chi connectivity index (χ0n) is 17.1. The molecule has 1 aromatic carbocycles. The summed E-state index contributed by atoms with van der Waals surface area (Å²) in [7, 11) is 0. The van der Waals surface area contributed by atoms with Gasteiger partial charge in [-0.1, -0.05) is 6.07 Å². The van der Waals surface area contributed by atoms with Gasteiger partial charge in [-0.3, -0.25) is 19.6 Å². The maximum atomic E-state index is 14.0. The Morgan fingerprint density at radius 3 is 2.73 bits per heavy atom. The Balaban J connectivity index is 1.55. The van der Waals surface area contributed by atoms with Crippen molar-refractivity contribution >= 4 is 17.9 Å². The number of piperidine rings is 1. The van der Waals surface area contributed by atoms with Crippen LogP contribution >= 0.6 is 0 Å². The molecule has 1 unspecified atom stereocenters. The Labute approximate surface area is 174 Å². The first-order chi connectivity index (χ1) is 14.5. The summed E-state index contributed by atoms with van der Waals surface area (Å²) < 4.78 is 27.9. The van der Waals surface area contributed by atoms with Crippen molar-refractivity contribution in [3.05, 3.63) is 35.4 Å². The van der Waals surface area contributed by atoms with Crippen molar-refractivity contribution in [3.63, 3.8) is 0 Å². The van der Waals surface area contributed by atoms with Gasteiger partial charge in [-0.15, -0.1) is 0 Å². The highest BCUT2D eigenvalue weighted by Crippen LogP contribution is 2.18. The van der Waals surface area contributed by atoms with E-state index in [0.29, 0.717) is 19.0 Å². The number of guanidine groups is 1. The Kier molecular flexibility index (Phi) is 7.56. The summed E-state index contributed by atoms with van der Waals surface area (Å²) >= 11 is 0. The molecule has 8 nitrogen and oxygen atoms in total. The first-order valence-electron chi connectivity index (χ1n) is 10.3. The van der Waals surface area contributed by atoms with Crippen LogP contribution < -0.4 is 16.0 Å². The van der Waals surface area contributed by atoms with E-state index in [0.717, 1.165) is 24.3 Å². The number of hydrogen-bond donors (Lipinski definition) is 3. The maximum Gasteiger partial charge on any atom is 0.324 e. The summed E-state index contributed by atoms with van der Waals surface area (Å²) in [6, 6.07) is 3.60. The number of aliphatic imine (C=N–C) groups is 1. The number of hydrogen-bond acceptors (Lipinski definition) is 4. The molecule has 10 heteroatoms. The van der Waals surface area contributed by atoms with E-state index >= 15 is 0 Å². The average Bonchev–Trinajstić information content (AvgIpc) is 3.03. The van der Waals surface area contributed by atoms with Gasteiger partial charge in [0.15, 0.2) is 5.96 Å². The number of nitrogens with one attached hydrogen (secondary N) is 3. The molecule has 2 heterocycles. The van der Waals surface area contributed by atoms with Gasteiger partial charge in [0.2, 0.25) is 5.91 Å². The molecule has 0 aliphatic carbocycles. The van der Waals surface area contributed by atoms with Gasteiger partial charge in [-0.2, -0.15) is 0 Å². The summed E-state index contributed by atoms with van der Waals surface area (Å²) in [4.78, 5) is 30.9. The quantitative estimate of drug-likeness (QED) is 0.347. The van der Waals surface area contributed by atoms with E-state index in [4.69, 9.17) is 0 Å². The summed E-state index contributed by atoms with van der Waals surface area (Å²) in [5, 5.41) is 8.99. The fraction of sp³-hybridized carbons (Fsp3) is 0.550. The summed E-state index contributed by atoms with van der Waals surface area (Å²) in [6.07, 6.45) is 1.81. The lowest BCUT2D eigenvalue weighted by Crippen LogP contribution is -2.51. The van der Waals surface area contributed by atoms with Crippen molar-refractivity contribution in [2.75, 3.05) is 39.3 Å². The molecule has 30 heavy (non-hydrogen) atoms. The first kappa shape index (κ1) is 21.9. The minimum Gasteiger partial charge on any atom is -0.357 e. The standard InChI is InChI=1S/C20H28F2N6O2/c1-2-23-19(24-8-10-28-18(29)11-25-20(28)30)26-14-5-4-9-27(12-14)13-15-16(21)6-3-7-17(15)22/h3,6-7,14H,2,4-5,8-13H2,1H3,(H,25,30)(H2,23,24,26). The summed E-state index contributed by atoms with van der Waals surface area (Å²) in [5.74, 6) is -0.717. The lowest BCUT2D eigenvalue weighted by Gasteiger charge is -2.34. The zero-order valence-corrected chi connectivity index (χ0v) is 17.1. The molecule has 164 valence electrons. The van der Waals surface area contributed by atoms with Crippen LogP contribution in [-0.4, -0.2) is 73.0 Å². The van der Waals surface area contributed by atoms with E-state index in [2.05, 4.69) is 20.9 Å². The van der Waals surface area contributed by atoms with E-state index in [9.17, 15) is 18.4 Å². The van der Waals surface area contributed by atoms with Gasteiger partial charge in [0.05, 0.1) is 19.6 Å². The molecule has 3 rings (SSSR count). The van der Waals surface area contributed by atoms with E-state index in [1.807, 2.05) is 11.8 Å². The van der Waals surface area contributed by atoms with Crippen LogP contribution in [0.3, 0.4) is 0 Å². The summed E-state index contributed by atoms with van der Waals surface area (Å²) in [6.45, 7) is 4.75. The molecule has 0 aromatic heterocycles. The van der Waals surface area contributed by atoms with Crippen molar-refractivity contribution in [3.8, 4) is 0 Å². The molecule has 0 radical (unpaired) electrons. The fourth-order valence-corrected chi connectivity index (χ4v) is 3.68. The highest BCUT2D eigenvalue weighted by molar-refractivity contribution is 6.01. The molecule has 0 spiro atoms. The van der Waals surface area contributed by atoms with Crippen LogP contribution in [0.15, 0.2) is 23.2 Å². The van der Waals surface area contributed by atoms with Crippen LogP contribution in [0.5, 0.6) is 0 Å². The number of carbonyl (C=O) groups excluding carboxylic acids is 2. The normalized spacial score (nSPS) is 20.4. The predicted molar refractivity (Wildman–Crippen MR) is 109 cm³/mol. The van der Waals surface area contributed by atoms with Crippen LogP contribution in [-0.2, 0) is 11.3 Å². The molecule has 1 aromatic rings. The average molecular weight is 422 g/mol. The lowest BCUT2D eigenvalue weighted by molar-refractivity contribution is -0.124. The van der Waals surface area contributed by atoms with Gasteiger partial charge in [0, 0.05) is 31.2 Å². The highest BCUT2D eigenvalue weighted by atomic mass is 19.1. The fourth-order valence-electron chi connectivity index (χ4n) is 3.68. The SMILES string of the molecule is CCNC(=NCCN1C(=O)CNC1=O)NC1CCCN(Cc2c(F)cccc2F)C1. The Morgan fingerprint density at radius 1 is 1.30 bits per heavy atom. The molecule has 1 atom stereocenters. The second-order valence-corrected chi connectivity index (χ2v) is 7.38. The van der Waals surface area contributed by atoms with Gasteiger partial charge in [-0.25, -0.2) is 13.6 Å². The Morgan fingerprint density at radius 2 is 2.07 bits per heavy atom. The van der Waals surface area contributed by atoms with Crippen molar-refractivity contribution in [1.29, 1.82) is 0 Å². The minimum atomic E-state index is -0.527. The number of halogens is 2. The highest BCUT2D eigenvalue weighted by Gasteiger charge is 2.28. The second kappa shape index (κ2) is 10.3. The molecular weight excluding hydrogens is 394 g/mol. The van der Waals surface area contributed by atoms with Crippen molar-refractivity contribution in [1.82, 2.24) is 25.8 Å². The Bertz CT molecular complexity index is 767. The number of rotatable bonds is 7. The smallest absolute Gasteiger partial charge is 0.324 e. The number of carbonyl (C=O) groups is 2. The predicted octanol–water partition coefficient (Wildman–Crippen LogP) is 1.04.